The van der Waals surface area contributed by atoms with Crippen LogP contribution in [0.3, 0.4) is 0 Å². The highest BCUT2D eigenvalue weighted by molar-refractivity contribution is 5.40. The molecule has 3 N–H and O–H groups in total. The molecule has 0 atom stereocenters. The van der Waals surface area contributed by atoms with Crippen molar-refractivity contribution in [3.63, 3.8) is 0 Å². The fourth-order valence-electron chi connectivity index (χ4n) is 0.819. The molecular weight excluding hydrogens is 187 g/mol. The molecule has 0 saturated carbocycles. The molecule has 0 fully saturated rings. The normalized spacial score (nSPS) is 9.93. The van der Waals surface area contributed by atoms with Crippen LogP contribution in [0.5, 0.6) is 0 Å². The smallest absolute Gasteiger partial charge is 0.231 e. The Balaban J connectivity index is 2.84. The summed E-state index contributed by atoms with van der Waals surface area (Å²) in [5.74, 6) is 0.850. The number of nitrogens with one attached hydrogen (secondary N) is 1. The van der Waals surface area contributed by atoms with E-state index in [0.29, 0.717) is 11.9 Å². The highest BCUT2D eigenvalue weighted by atomic mass is 19.1. The Labute approximate surface area is 81.4 Å². The Morgan fingerprint density at radius 2 is 2.07 bits per heavy atom. The quantitative estimate of drug-likeness (QED) is 0.706. The highest BCUT2D eigenvalue weighted by Crippen LogP contribution is 2.08. The molecule has 14 heavy (non-hydrogen) atoms. The molecule has 6 nitrogen and oxygen atoms in total. The molecular formula is C7H13FN6. The number of nitrogen functional groups attached to an aromatic ring is 1. The van der Waals surface area contributed by atoms with Crippen LogP contribution < -0.4 is 16.0 Å². The average molecular weight is 200 g/mol. The first-order valence-corrected chi connectivity index (χ1v) is 4.12. The fraction of sp³-hybridized carbons (Fsp3) is 0.571. The molecule has 1 heterocycles. The standard InChI is InChI=1S/C7H13FN6/c1-14(2)7-12-5(9)11-6(13-7)10-4-3-8/h3-4H2,1-2H3,(H3,9,10,11,12,13). The van der Waals surface area contributed by atoms with Crippen LogP contribution >= 0.6 is 0 Å². The van der Waals surface area contributed by atoms with Gasteiger partial charge in [-0.25, -0.2) is 4.39 Å². The number of hydrogen-bond acceptors (Lipinski definition) is 6. The minimum Gasteiger partial charge on any atom is -0.368 e. The van der Waals surface area contributed by atoms with Gasteiger partial charge < -0.3 is 16.0 Å². The van der Waals surface area contributed by atoms with Crippen molar-refractivity contribution in [2.24, 2.45) is 0 Å². The van der Waals surface area contributed by atoms with E-state index in [4.69, 9.17) is 5.73 Å². The number of aromatic nitrogens is 3. The Morgan fingerprint density at radius 1 is 1.36 bits per heavy atom. The van der Waals surface area contributed by atoms with Gasteiger partial charge in [-0.1, -0.05) is 0 Å². The number of anilines is 3. The van der Waals surface area contributed by atoms with E-state index in [0.717, 1.165) is 0 Å². The minimum absolute atomic E-state index is 0.116. The van der Waals surface area contributed by atoms with E-state index in [-0.39, 0.29) is 12.5 Å². The fourth-order valence-corrected chi connectivity index (χ4v) is 0.819. The van der Waals surface area contributed by atoms with Crippen LogP contribution in [0.4, 0.5) is 22.2 Å². The molecule has 1 aromatic rings. The highest BCUT2D eigenvalue weighted by Gasteiger charge is 2.04. The van der Waals surface area contributed by atoms with Crippen molar-refractivity contribution in [2.45, 2.75) is 0 Å². The maximum Gasteiger partial charge on any atom is 0.231 e. The van der Waals surface area contributed by atoms with Crippen molar-refractivity contribution >= 4 is 17.8 Å². The summed E-state index contributed by atoms with van der Waals surface area (Å²) in [5.41, 5.74) is 5.45. The SMILES string of the molecule is CN(C)c1nc(N)nc(NCCF)n1. The Kier molecular flexibility index (Phi) is 3.38. The Bertz CT molecular complexity index is 302. The summed E-state index contributed by atoms with van der Waals surface area (Å²) in [6.45, 7) is -0.320. The van der Waals surface area contributed by atoms with Crippen LogP contribution in [0.15, 0.2) is 0 Å². The summed E-state index contributed by atoms with van der Waals surface area (Å²) >= 11 is 0. The molecule has 0 unspecified atom stereocenters. The zero-order valence-electron chi connectivity index (χ0n) is 8.16. The topological polar surface area (TPSA) is 80.0 Å². The largest absolute Gasteiger partial charge is 0.368 e. The van der Waals surface area contributed by atoms with E-state index in [9.17, 15) is 4.39 Å². The van der Waals surface area contributed by atoms with Crippen molar-refractivity contribution < 1.29 is 4.39 Å². The van der Waals surface area contributed by atoms with Crippen molar-refractivity contribution in [3.8, 4) is 0 Å². The molecule has 0 radical (unpaired) electrons. The van der Waals surface area contributed by atoms with E-state index in [1.54, 1.807) is 19.0 Å². The molecule has 0 aromatic carbocycles. The molecule has 7 heteroatoms. The first-order chi connectivity index (χ1) is 6.63. The summed E-state index contributed by atoms with van der Waals surface area (Å²) < 4.78 is 11.9. The monoisotopic (exact) mass is 200 g/mol. The average Bonchev–Trinajstić information content (AvgIpc) is 2.14. The van der Waals surface area contributed by atoms with Gasteiger partial charge in [0.1, 0.15) is 6.67 Å². The maximum absolute atomic E-state index is 11.9. The van der Waals surface area contributed by atoms with Gasteiger partial charge in [0.25, 0.3) is 0 Å². The van der Waals surface area contributed by atoms with Crippen LogP contribution in [0.2, 0.25) is 0 Å². The number of nitrogens with two attached hydrogens (primary N) is 1. The third-order valence-electron chi connectivity index (χ3n) is 1.42. The second-order valence-electron chi connectivity index (χ2n) is 2.83. The van der Waals surface area contributed by atoms with Crippen molar-refractivity contribution in [2.75, 3.05) is 43.3 Å². The van der Waals surface area contributed by atoms with Gasteiger partial charge in [0.15, 0.2) is 0 Å². The molecule has 0 aliphatic carbocycles. The minimum atomic E-state index is -0.483. The number of nitrogens with zero attached hydrogens (tertiary/aromatic N) is 4. The summed E-state index contributed by atoms with van der Waals surface area (Å²) in [6.07, 6.45) is 0. The van der Waals surface area contributed by atoms with Gasteiger partial charge in [0, 0.05) is 20.6 Å². The third-order valence-corrected chi connectivity index (χ3v) is 1.42. The predicted octanol–water partition coefficient (Wildman–Crippen LogP) is -0.0988. The van der Waals surface area contributed by atoms with E-state index in [2.05, 4.69) is 20.3 Å². The maximum atomic E-state index is 11.9. The first kappa shape index (κ1) is 10.4. The zero-order valence-corrected chi connectivity index (χ0v) is 8.16. The van der Waals surface area contributed by atoms with Crippen LogP contribution in [0, 0.1) is 0 Å². The van der Waals surface area contributed by atoms with E-state index < -0.39 is 6.67 Å². The number of rotatable bonds is 4. The van der Waals surface area contributed by atoms with Crippen LogP contribution in [0.1, 0.15) is 0 Å². The van der Waals surface area contributed by atoms with Crippen molar-refractivity contribution in [1.29, 1.82) is 0 Å². The van der Waals surface area contributed by atoms with Gasteiger partial charge in [0.05, 0.1) is 0 Å². The lowest BCUT2D eigenvalue weighted by Crippen LogP contribution is -2.17. The molecule has 0 bridgehead atoms. The van der Waals surface area contributed by atoms with Crippen molar-refractivity contribution in [3.05, 3.63) is 0 Å². The van der Waals surface area contributed by atoms with Crippen LogP contribution in [-0.4, -0.2) is 42.3 Å². The van der Waals surface area contributed by atoms with E-state index in [1.807, 2.05) is 0 Å². The van der Waals surface area contributed by atoms with E-state index in [1.165, 1.54) is 0 Å². The number of hydrogen-bond donors (Lipinski definition) is 2. The summed E-state index contributed by atoms with van der Waals surface area (Å²) in [7, 11) is 3.57. The second kappa shape index (κ2) is 4.54. The molecule has 78 valence electrons. The van der Waals surface area contributed by atoms with Gasteiger partial charge in [-0.15, -0.1) is 0 Å². The van der Waals surface area contributed by atoms with Gasteiger partial charge in [-0.05, 0) is 0 Å². The van der Waals surface area contributed by atoms with Gasteiger partial charge in [0.2, 0.25) is 17.8 Å². The molecule has 0 aliphatic heterocycles. The lowest BCUT2D eigenvalue weighted by atomic mass is 10.7. The molecule has 0 saturated heterocycles. The third kappa shape index (κ3) is 2.68. The van der Waals surface area contributed by atoms with Gasteiger partial charge in [-0.2, -0.15) is 15.0 Å². The van der Waals surface area contributed by atoms with Crippen molar-refractivity contribution in [1.82, 2.24) is 15.0 Å². The molecule has 0 amide bonds. The molecule has 1 rings (SSSR count). The first-order valence-electron chi connectivity index (χ1n) is 4.12. The summed E-state index contributed by atoms with van der Waals surface area (Å²) in [5, 5.41) is 2.69. The lowest BCUT2D eigenvalue weighted by molar-refractivity contribution is 0.512. The number of halogens is 1. The molecule has 0 aliphatic rings. The lowest BCUT2D eigenvalue weighted by Gasteiger charge is -2.11. The molecule has 0 spiro atoms. The predicted molar refractivity (Wildman–Crippen MR) is 53.0 cm³/mol. The van der Waals surface area contributed by atoms with Crippen LogP contribution in [0.25, 0.3) is 0 Å². The zero-order chi connectivity index (χ0) is 10.6. The summed E-state index contributed by atoms with van der Waals surface area (Å²) in [4.78, 5) is 13.4. The molecule has 1 aromatic heterocycles. The summed E-state index contributed by atoms with van der Waals surface area (Å²) in [6, 6.07) is 0. The van der Waals surface area contributed by atoms with E-state index >= 15 is 0 Å². The van der Waals surface area contributed by atoms with Gasteiger partial charge >= 0.3 is 0 Å². The van der Waals surface area contributed by atoms with Crippen LogP contribution in [-0.2, 0) is 0 Å². The Morgan fingerprint density at radius 3 is 2.64 bits per heavy atom. The Hall–Kier alpha value is -1.66. The van der Waals surface area contributed by atoms with Gasteiger partial charge in [-0.3, -0.25) is 0 Å². The number of alkyl halides is 1. The second-order valence-corrected chi connectivity index (χ2v) is 2.83.